The van der Waals surface area contributed by atoms with E-state index in [4.69, 9.17) is 0 Å². The van der Waals surface area contributed by atoms with Gasteiger partial charge in [-0.15, -0.1) is 0 Å². The van der Waals surface area contributed by atoms with Gasteiger partial charge in [0.1, 0.15) is 0 Å². The summed E-state index contributed by atoms with van der Waals surface area (Å²) >= 11 is 0. The second-order valence-electron chi connectivity index (χ2n) is 6.34. The van der Waals surface area contributed by atoms with Crippen molar-refractivity contribution in [3.63, 3.8) is 0 Å². The van der Waals surface area contributed by atoms with Crippen molar-refractivity contribution in [2.75, 3.05) is 0 Å². The van der Waals surface area contributed by atoms with Gasteiger partial charge in [0, 0.05) is 0 Å². The van der Waals surface area contributed by atoms with Gasteiger partial charge in [-0.3, -0.25) is 0 Å². The average molecular weight is 208 g/mol. The summed E-state index contributed by atoms with van der Waals surface area (Å²) in [6, 6.07) is 0. The summed E-state index contributed by atoms with van der Waals surface area (Å²) in [7, 11) is 0. The van der Waals surface area contributed by atoms with Crippen molar-refractivity contribution in [3.05, 3.63) is 0 Å². The van der Waals surface area contributed by atoms with Crippen LogP contribution in [0, 0.1) is 23.7 Å². The van der Waals surface area contributed by atoms with E-state index in [2.05, 4.69) is 6.92 Å². The summed E-state index contributed by atoms with van der Waals surface area (Å²) < 4.78 is 0. The minimum absolute atomic E-state index is 0.198. The molecule has 0 aliphatic heterocycles. The lowest BCUT2D eigenvalue weighted by Crippen LogP contribution is -2.29. The van der Waals surface area contributed by atoms with Gasteiger partial charge in [0.15, 0.2) is 0 Å². The first-order chi connectivity index (χ1) is 7.23. The maximum absolute atomic E-state index is 10.8. The van der Waals surface area contributed by atoms with E-state index in [0.29, 0.717) is 17.8 Å². The van der Waals surface area contributed by atoms with Crippen LogP contribution in [0.25, 0.3) is 0 Å². The molecule has 0 radical (unpaired) electrons. The van der Waals surface area contributed by atoms with Crippen LogP contribution in [0.2, 0.25) is 0 Å². The Morgan fingerprint density at radius 3 is 1.93 bits per heavy atom. The maximum Gasteiger partial charge on any atom is 0.0739 e. The Labute approximate surface area is 93.3 Å². The second kappa shape index (κ2) is 3.48. The molecule has 0 saturated heterocycles. The predicted octanol–water partition coefficient (Wildman–Crippen LogP) is 3.36. The van der Waals surface area contributed by atoms with Crippen LogP contribution in [-0.2, 0) is 0 Å². The van der Waals surface area contributed by atoms with Crippen LogP contribution in [0.3, 0.4) is 0 Å². The molecule has 0 aromatic carbocycles. The molecule has 3 aliphatic carbocycles. The highest BCUT2D eigenvalue weighted by Crippen LogP contribution is 2.64. The molecule has 0 amide bonds. The van der Waals surface area contributed by atoms with Crippen molar-refractivity contribution >= 4 is 0 Å². The molecule has 2 unspecified atom stereocenters. The standard InChI is InChI=1S/C14H24O/c1-10-6-8-11(9-7-10)14(15)12-4-2-3-5-13(12)14/h10-13,15H,2-9H2,1H3. The Bertz CT molecular complexity index is 228. The molecule has 0 aromatic heterocycles. The number of hydrogen-bond donors (Lipinski definition) is 1. The molecule has 15 heavy (non-hydrogen) atoms. The highest BCUT2D eigenvalue weighted by molar-refractivity contribution is 5.16. The molecular weight excluding hydrogens is 184 g/mol. The van der Waals surface area contributed by atoms with E-state index in [0.717, 1.165) is 5.92 Å². The minimum Gasteiger partial charge on any atom is -0.389 e. The van der Waals surface area contributed by atoms with E-state index >= 15 is 0 Å². The van der Waals surface area contributed by atoms with Crippen molar-refractivity contribution in [2.45, 2.75) is 63.9 Å². The summed E-state index contributed by atoms with van der Waals surface area (Å²) in [6.07, 6.45) is 10.7. The fourth-order valence-corrected chi connectivity index (χ4v) is 4.47. The number of fused-ring (bicyclic) bond motifs is 1. The second-order valence-corrected chi connectivity index (χ2v) is 6.34. The van der Waals surface area contributed by atoms with Gasteiger partial charge >= 0.3 is 0 Å². The van der Waals surface area contributed by atoms with Gasteiger partial charge in [-0.05, 0) is 49.4 Å². The van der Waals surface area contributed by atoms with Crippen LogP contribution in [0.15, 0.2) is 0 Å². The Morgan fingerprint density at radius 1 is 0.867 bits per heavy atom. The summed E-state index contributed by atoms with van der Waals surface area (Å²) in [6.45, 7) is 2.36. The first kappa shape index (κ1) is 10.1. The summed E-state index contributed by atoms with van der Waals surface area (Å²) in [5.41, 5.74) is -0.198. The van der Waals surface area contributed by atoms with E-state index in [9.17, 15) is 5.11 Å². The molecule has 0 heterocycles. The zero-order valence-corrected chi connectivity index (χ0v) is 9.91. The van der Waals surface area contributed by atoms with Crippen LogP contribution in [-0.4, -0.2) is 10.7 Å². The molecule has 86 valence electrons. The lowest BCUT2D eigenvalue weighted by molar-refractivity contribution is 0.0277. The molecule has 1 nitrogen and oxygen atoms in total. The van der Waals surface area contributed by atoms with E-state index in [1.54, 1.807) is 0 Å². The van der Waals surface area contributed by atoms with Gasteiger partial charge in [0.2, 0.25) is 0 Å². The van der Waals surface area contributed by atoms with Gasteiger partial charge in [-0.1, -0.05) is 32.6 Å². The smallest absolute Gasteiger partial charge is 0.0739 e. The van der Waals surface area contributed by atoms with Gasteiger partial charge < -0.3 is 5.11 Å². The Hall–Kier alpha value is -0.0400. The SMILES string of the molecule is CC1CCC(C2(O)C3CCCCC32)CC1. The van der Waals surface area contributed by atoms with E-state index in [-0.39, 0.29) is 5.60 Å². The fraction of sp³-hybridized carbons (Fsp3) is 1.00. The molecule has 3 rings (SSSR count). The number of hydrogen-bond acceptors (Lipinski definition) is 1. The minimum atomic E-state index is -0.198. The van der Waals surface area contributed by atoms with Crippen molar-refractivity contribution in [1.29, 1.82) is 0 Å². The molecule has 0 bridgehead atoms. The van der Waals surface area contributed by atoms with Crippen LogP contribution in [0.5, 0.6) is 0 Å². The van der Waals surface area contributed by atoms with Gasteiger partial charge in [0.25, 0.3) is 0 Å². The summed E-state index contributed by atoms with van der Waals surface area (Å²) in [5, 5.41) is 10.8. The van der Waals surface area contributed by atoms with E-state index < -0.39 is 0 Å². The predicted molar refractivity (Wildman–Crippen MR) is 61.5 cm³/mol. The monoisotopic (exact) mass is 208 g/mol. The Balaban J connectivity index is 1.67. The average Bonchev–Trinajstić information content (AvgIpc) is 2.88. The molecule has 0 spiro atoms. The Kier molecular flexibility index (Phi) is 2.35. The summed E-state index contributed by atoms with van der Waals surface area (Å²) in [5.74, 6) is 2.96. The largest absolute Gasteiger partial charge is 0.389 e. The quantitative estimate of drug-likeness (QED) is 0.700. The third-order valence-corrected chi connectivity index (χ3v) is 5.51. The van der Waals surface area contributed by atoms with Crippen molar-refractivity contribution in [2.24, 2.45) is 23.7 Å². The molecular formula is C14H24O. The first-order valence-electron chi connectivity index (χ1n) is 6.95. The number of aliphatic hydroxyl groups is 1. The zero-order valence-electron chi connectivity index (χ0n) is 9.91. The fourth-order valence-electron chi connectivity index (χ4n) is 4.47. The highest BCUT2D eigenvalue weighted by Gasteiger charge is 2.66. The van der Waals surface area contributed by atoms with Crippen molar-refractivity contribution in [1.82, 2.24) is 0 Å². The third-order valence-electron chi connectivity index (χ3n) is 5.51. The normalized spacial score (nSPS) is 54.8. The van der Waals surface area contributed by atoms with Crippen LogP contribution < -0.4 is 0 Å². The highest BCUT2D eigenvalue weighted by atomic mass is 16.3. The van der Waals surface area contributed by atoms with Gasteiger partial charge in [-0.2, -0.15) is 0 Å². The molecule has 1 heteroatoms. The molecule has 3 aliphatic rings. The molecule has 1 N–H and O–H groups in total. The molecule has 0 aromatic rings. The topological polar surface area (TPSA) is 20.2 Å². The van der Waals surface area contributed by atoms with Crippen LogP contribution in [0.1, 0.15) is 58.3 Å². The van der Waals surface area contributed by atoms with Crippen molar-refractivity contribution < 1.29 is 5.11 Å². The lowest BCUT2D eigenvalue weighted by Gasteiger charge is -2.31. The maximum atomic E-state index is 10.8. The molecule has 2 atom stereocenters. The van der Waals surface area contributed by atoms with Crippen molar-refractivity contribution in [3.8, 4) is 0 Å². The van der Waals surface area contributed by atoms with Gasteiger partial charge in [0.05, 0.1) is 5.60 Å². The first-order valence-corrected chi connectivity index (χ1v) is 6.95. The van der Waals surface area contributed by atoms with Crippen LogP contribution >= 0.6 is 0 Å². The van der Waals surface area contributed by atoms with E-state index in [1.807, 2.05) is 0 Å². The van der Waals surface area contributed by atoms with Crippen LogP contribution in [0.4, 0.5) is 0 Å². The number of rotatable bonds is 1. The molecule has 3 fully saturated rings. The molecule has 3 saturated carbocycles. The van der Waals surface area contributed by atoms with E-state index in [1.165, 1.54) is 51.4 Å². The lowest BCUT2D eigenvalue weighted by atomic mass is 9.78. The zero-order chi connectivity index (χ0) is 10.5. The third kappa shape index (κ3) is 1.46. The van der Waals surface area contributed by atoms with Gasteiger partial charge in [-0.25, -0.2) is 0 Å². The summed E-state index contributed by atoms with van der Waals surface area (Å²) in [4.78, 5) is 0. The Morgan fingerprint density at radius 2 is 1.40 bits per heavy atom.